The van der Waals surface area contributed by atoms with Crippen molar-refractivity contribution in [2.24, 2.45) is 0 Å². The van der Waals surface area contributed by atoms with Gasteiger partial charge < -0.3 is 4.74 Å². The van der Waals surface area contributed by atoms with Crippen molar-refractivity contribution in [2.75, 3.05) is 26.3 Å². The van der Waals surface area contributed by atoms with Gasteiger partial charge in [-0.05, 0) is 6.92 Å². The van der Waals surface area contributed by atoms with Crippen LogP contribution < -0.4 is 0 Å². The van der Waals surface area contributed by atoms with Gasteiger partial charge in [0.25, 0.3) is 0 Å². The largest absolute Gasteiger partial charge is 0.379 e. The summed E-state index contributed by atoms with van der Waals surface area (Å²) in [5.74, 6) is 0. The van der Waals surface area contributed by atoms with Crippen LogP contribution in [0.15, 0.2) is 0 Å². The first-order valence-electron chi connectivity index (χ1n) is 4.17. The van der Waals surface area contributed by atoms with Crippen LogP contribution in [0.25, 0.3) is 0 Å². The molecular formula is C8H16BrNO. The summed E-state index contributed by atoms with van der Waals surface area (Å²) in [4.78, 5) is 3.03. The van der Waals surface area contributed by atoms with Crippen molar-refractivity contribution in [3.05, 3.63) is 0 Å². The standard InChI is InChI=1S/C8H16BrNO/c1-7(9)8(2)10-3-5-11-6-4-10/h7-8H,3-6H2,1-2H3/t7-,8?/m0/s1. The number of rotatable bonds is 2. The van der Waals surface area contributed by atoms with E-state index in [1.54, 1.807) is 0 Å². The highest BCUT2D eigenvalue weighted by Gasteiger charge is 2.19. The molecule has 1 aliphatic heterocycles. The molecule has 2 atom stereocenters. The molecule has 0 aromatic carbocycles. The maximum absolute atomic E-state index is 5.27. The van der Waals surface area contributed by atoms with Crippen molar-refractivity contribution in [2.45, 2.75) is 24.7 Å². The minimum Gasteiger partial charge on any atom is -0.379 e. The van der Waals surface area contributed by atoms with Gasteiger partial charge in [-0.1, -0.05) is 22.9 Å². The summed E-state index contributed by atoms with van der Waals surface area (Å²) in [6.45, 7) is 8.40. The Morgan fingerprint density at radius 1 is 1.27 bits per heavy atom. The van der Waals surface area contributed by atoms with Gasteiger partial charge in [-0.2, -0.15) is 0 Å². The maximum Gasteiger partial charge on any atom is 0.0594 e. The molecule has 66 valence electrons. The molecule has 0 bridgehead atoms. The molecule has 0 aliphatic carbocycles. The summed E-state index contributed by atoms with van der Waals surface area (Å²) in [6, 6.07) is 0.624. The average molecular weight is 222 g/mol. The molecule has 1 fully saturated rings. The van der Waals surface area contributed by atoms with Crippen LogP contribution in [0.4, 0.5) is 0 Å². The van der Waals surface area contributed by atoms with Crippen molar-refractivity contribution in [1.29, 1.82) is 0 Å². The molecule has 11 heavy (non-hydrogen) atoms. The molecule has 0 aromatic heterocycles. The highest BCUT2D eigenvalue weighted by Crippen LogP contribution is 2.12. The molecule has 0 aromatic rings. The van der Waals surface area contributed by atoms with Gasteiger partial charge in [0.15, 0.2) is 0 Å². The van der Waals surface area contributed by atoms with Crippen LogP contribution in [0.5, 0.6) is 0 Å². The van der Waals surface area contributed by atoms with Crippen molar-refractivity contribution in [1.82, 2.24) is 4.90 Å². The lowest BCUT2D eigenvalue weighted by Gasteiger charge is -2.33. The minimum atomic E-state index is 0.570. The number of halogens is 1. The second-order valence-electron chi connectivity index (χ2n) is 3.07. The van der Waals surface area contributed by atoms with Crippen molar-refractivity contribution in [3.63, 3.8) is 0 Å². The molecule has 1 aliphatic rings. The second-order valence-corrected chi connectivity index (χ2v) is 4.51. The summed E-state index contributed by atoms with van der Waals surface area (Å²) in [7, 11) is 0. The zero-order chi connectivity index (χ0) is 8.27. The third-order valence-electron chi connectivity index (χ3n) is 2.29. The zero-order valence-electron chi connectivity index (χ0n) is 7.22. The van der Waals surface area contributed by atoms with Gasteiger partial charge in [-0.25, -0.2) is 0 Å². The number of nitrogens with zero attached hydrogens (tertiary/aromatic N) is 1. The first-order valence-corrected chi connectivity index (χ1v) is 5.09. The zero-order valence-corrected chi connectivity index (χ0v) is 8.80. The Morgan fingerprint density at radius 2 is 1.82 bits per heavy atom. The molecule has 1 saturated heterocycles. The number of hydrogen-bond acceptors (Lipinski definition) is 2. The number of ether oxygens (including phenoxy) is 1. The van der Waals surface area contributed by atoms with E-state index in [0.29, 0.717) is 10.9 Å². The summed E-state index contributed by atoms with van der Waals surface area (Å²) >= 11 is 3.59. The molecule has 0 saturated carbocycles. The number of morpholine rings is 1. The number of alkyl halides is 1. The quantitative estimate of drug-likeness (QED) is 0.656. The van der Waals surface area contributed by atoms with Gasteiger partial charge >= 0.3 is 0 Å². The predicted molar refractivity (Wildman–Crippen MR) is 50.2 cm³/mol. The molecular weight excluding hydrogens is 206 g/mol. The molecule has 1 unspecified atom stereocenters. The van der Waals surface area contributed by atoms with Crippen LogP contribution in [0, 0.1) is 0 Å². The van der Waals surface area contributed by atoms with Crippen molar-refractivity contribution >= 4 is 15.9 Å². The minimum absolute atomic E-state index is 0.570. The van der Waals surface area contributed by atoms with Crippen LogP contribution >= 0.6 is 15.9 Å². The van der Waals surface area contributed by atoms with E-state index in [1.807, 2.05) is 0 Å². The van der Waals surface area contributed by atoms with E-state index in [4.69, 9.17) is 4.74 Å². The Kier molecular flexibility index (Phi) is 3.82. The van der Waals surface area contributed by atoms with E-state index in [2.05, 4.69) is 34.7 Å². The first kappa shape index (κ1) is 9.49. The number of hydrogen-bond donors (Lipinski definition) is 0. The fourth-order valence-corrected chi connectivity index (χ4v) is 1.61. The Labute approximate surface area is 77.0 Å². The monoisotopic (exact) mass is 221 g/mol. The Balaban J connectivity index is 2.32. The topological polar surface area (TPSA) is 12.5 Å². The van der Waals surface area contributed by atoms with Gasteiger partial charge in [-0.3, -0.25) is 4.90 Å². The van der Waals surface area contributed by atoms with E-state index in [1.165, 1.54) is 0 Å². The lowest BCUT2D eigenvalue weighted by molar-refractivity contribution is 0.0210. The molecule has 3 heteroatoms. The lowest BCUT2D eigenvalue weighted by Crippen LogP contribution is -2.45. The van der Waals surface area contributed by atoms with Gasteiger partial charge in [-0.15, -0.1) is 0 Å². The van der Waals surface area contributed by atoms with E-state index < -0.39 is 0 Å². The van der Waals surface area contributed by atoms with Gasteiger partial charge in [0.1, 0.15) is 0 Å². The molecule has 2 nitrogen and oxygen atoms in total. The Morgan fingerprint density at radius 3 is 2.27 bits per heavy atom. The van der Waals surface area contributed by atoms with Gasteiger partial charge in [0.05, 0.1) is 13.2 Å². The third kappa shape index (κ3) is 2.73. The molecule has 1 heterocycles. The van der Waals surface area contributed by atoms with Crippen LogP contribution in [-0.2, 0) is 4.74 Å². The highest BCUT2D eigenvalue weighted by atomic mass is 79.9. The molecule has 1 rings (SSSR count). The van der Waals surface area contributed by atoms with Gasteiger partial charge in [0, 0.05) is 24.0 Å². The molecule has 0 radical (unpaired) electrons. The fraction of sp³-hybridized carbons (Fsp3) is 1.00. The van der Waals surface area contributed by atoms with Crippen molar-refractivity contribution in [3.8, 4) is 0 Å². The van der Waals surface area contributed by atoms with E-state index >= 15 is 0 Å². The Hall–Kier alpha value is 0.400. The van der Waals surface area contributed by atoms with E-state index in [0.717, 1.165) is 26.3 Å². The first-order chi connectivity index (χ1) is 5.22. The smallest absolute Gasteiger partial charge is 0.0594 e. The SMILES string of the molecule is CC([C@H](C)Br)N1CCOCC1. The third-order valence-corrected chi connectivity index (χ3v) is 3.05. The summed E-state index contributed by atoms with van der Waals surface area (Å²) in [5.41, 5.74) is 0. The fourth-order valence-electron chi connectivity index (χ4n) is 1.28. The van der Waals surface area contributed by atoms with E-state index in [9.17, 15) is 0 Å². The predicted octanol–water partition coefficient (Wildman–Crippen LogP) is 1.49. The average Bonchev–Trinajstić information content (AvgIpc) is 2.05. The molecule has 0 amide bonds. The summed E-state index contributed by atoms with van der Waals surface area (Å²) in [5, 5.41) is 0. The van der Waals surface area contributed by atoms with Crippen LogP contribution in [0.1, 0.15) is 13.8 Å². The highest BCUT2D eigenvalue weighted by molar-refractivity contribution is 9.09. The van der Waals surface area contributed by atoms with Crippen LogP contribution in [0.2, 0.25) is 0 Å². The normalized spacial score (nSPS) is 26.5. The van der Waals surface area contributed by atoms with Crippen molar-refractivity contribution < 1.29 is 4.74 Å². The molecule has 0 spiro atoms. The lowest BCUT2D eigenvalue weighted by atomic mass is 10.2. The summed E-state index contributed by atoms with van der Waals surface area (Å²) in [6.07, 6.45) is 0. The molecule has 0 N–H and O–H groups in total. The van der Waals surface area contributed by atoms with Gasteiger partial charge in [0.2, 0.25) is 0 Å². The maximum atomic E-state index is 5.27. The Bertz CT molecular complexity index is 113. The van der Waals surface area contributed by atoms with Crippen LogP contribution in [0.3, 0.4) is 0 Å². The van der Waals surface area contributed by atoms with Crippen LogP contribution in [-0.4, -0.2) is 42.1 Å². The summed E-state index contributed by atoms with van der Waals surface area (Å²) < 4.78 is 5.27. The second kappa shape index (κ2) is 4.43. The van der Waals surface area contributed by atoms with E-state index in [-0.39, 0.29) is 0 Å².